The molecule has 0 amide bonds. The molecule has 1 aromatic carbocycles. The summed E-state index contributed by atoms with van der Waals surface area (Å²) in [6, 6.07) is 10.9. The largest absolute Gasteiger partial charge is 0.300 e. The molecule has 0 aliphatic heterocycles. The Hall–Kier alpha value is -1.11. The lowest BCUT2D eigenvalue weighted by Crippen LogP contribution is -1.98. The van der Waals surface area contributed by atoms with E-state index in [0.29, 0.717) is 5.78 Å². The Morgan fingerprint density at radius 1 is 0.692 bits per heavy atom. The molecule has 0 aromatic heterocycles. The Morgan fingerprint density at radius 2 is 1.19 bits per heavy atom. The lowest BCUT2D eigenvalue weighted by molar-refractivity contribution is -0.119. The van der Waals surface area contributed by atoms with E-state index in [0.717, 1.165) is 25.2 Å². The fourth-order valence-electron chi connectivity index (χ4n) is 3.81. The highest BCUT2D eigenvalue weighted by atomic mass is 16.1. The molecule has 1 saturated carbocycles. The monoisotopic (exact) mass is 356 g/mol. The van der Waals surface area contributed by atoms with Crippen LogP contribution in [0.3, 0.4) is 0 Å². The van der Waals surface area contributed by atoms with Gasteiger partial charge in [0.15, 0.2) is 0 Å². The minimum atomic E-state index is 0.524. The molecule has 1 aliphatic carbocycles. The Balaban J connectivity index is 1.24. The number of benzene rings is 1. The summed E-state index contributed by atoms with van der Waals surface area (Å²) < 4.78 is 0. The van der Waals surface area contributed by atoms with Crippen LogP contribution in [0.25, 0.3) is 0 Å². The number of Topliss-reactive ketones (excluding diaryl/α,β-unsaturated/α-hetero) is 1. The molecule has 0 N–H and O–H groups in total. The first-order chi connectivity index (χ1) is 12.8. The third-order valence-corrected chi connectivity index (χ3v) is 5.73. The first kappa shape index (κ1) is 21.2. The van der Waals surface area contributed by atoms with Gasteiger partial charge in [0.05, 0.1) is 0 Å². The van der Waals surface area contributed by atoms with Gasteiger partial charge in [-0.05, 0) is 43.6 Å². The maximum Gasteiger partial charge on any atom is 0.133 e. The zero-order valence-electron chi connectivity index (χ0n) is 16.9. The molecule has 1 aliphatic rings. The lowest BCUT2D eigenvalue weighted by Gasteiger charge is -2.04. The van der Waals surface area contributed by atoms with Crippen LogP contribution in [0.15, 0.2) is 30.3 Å². The highest BCUT2D eigenvalue weighted by Gasteiger charge is 2.23. The van der Waals surface area contributed by atoms with E-state index in [-0.39, 0.29) is 0 Å². The number of unbranched alkanes of at least 4 members (excludes halogenated alkanes) is 11. The van der Waals surface area contributed by atoms with Crippen LogP contribution in [-0.4, -0.2) is 5.78 Å². The molecular weight excluding hydrogens is 316 g/mol. The van der Waals surface area contributed by atoms with E-state index in [1.165, 1.54) is 95.5 Å². The van der Waals surface area contributed by atoms with Gasteiger partial charge in [-0.15, -0.1) is 0 Å². The van der Waals surface area contributed by atoms with E-state index < -0.39 is 0 Å². The normalized spacial score (nSPS) is 13.8. The molecular formula is C25H40O. The van der Waals surface area contributed by atoms with E-state index in [4.69, 9.17) is 0 Å². The Bertz CT molecular complexity index is 460. The maximum atomic E-state index is 11.7. The quantitative estimate of drug-likeness (QED) is 0.262. The Kier molecular flexibility index (Phi) is 11.4. The summed E-state index contributed by atoms with van der Waals surface area (Å²) in [5.41, 5.74) is 1.49. The van der Waals surface area contributed by atoms with E-state index in [9.17, 15) is 4.79 Å². The van der Waals surface area contributed by atoms with Gasteiger partial charge < -0.3 is 0 Å². The van der Waals surface area contributed by atoms with Crippen LogP contribution in [0, 0.1) is 5.92 Å². The van der Waals surface area contributed by atoms with Crippen LogP contribution < -0.4 is 0 Å². The van der Waals surface area contributed by atoms with Gasteiger partial charge in [0.2, 0.25) is 0 Å². The van der Waals surface area contributed by atoms with Gasteiger partial charge in [-0.2, -0.15) is 0 Å². The van der Waals surface area contributed by atoms with Crippen molar-refractivity contribution < 1.29 is 4.79 Å². The summed E-state index contributed by atoms with van der Waals surface area (Å²) in [5.74, 6) is 1.29. The first-order valence-corrected chi connectivity index (χ1v) is 11.4. The highest BCUT2D eigenvalue weighted by molar-refractivity contribution is 5.78. The molecule has 0 radical (unpaired) electrons. The summed E-state index contributed by atoms with van der Waals surface area (Å²) in [6.07, 6.45) is 21.9. The van der Waals surface area contributed by atoms with Crippen LogP contribution in [-0.2, 0) is 11.2 Å². The fourth-order valence-corrected chi connectivity index (χ4v) is 3.81. The molecule has 1 fully saturated rings. The topological polar surface area (TPSA) is 17.1 Å². The van der Waals surface area contributed by atoms with E-state index in [2.05, 4.69) is 30.3 Å². The van der Waals surface area contributed by atoms with Crippen molar-refractivity contribution in [2.24, 2.45) is 5.92 Å². The van der Waals surface area contributed by atoms with Crippen LogP contribution in [0.5, 0.6) is 0 Å². The molecule has 26 heavy (non-hydrogen) atoms. The fraction of sp³-hybridized carbons (Fsp3) is 0.720. The van der Waals surface area contributed by atoms with Crippen molar-refractivity contribution in [1.82, 2.24) is 0 Å². The predicted molar refractivity (Wildman–Crippen MR) is 113 cm³/mol. The van der Waals surface area contributed by atoms with Crippen LogP contribution in [0.1, 0.15) is 108 Å². The van der Waals surface area contributed by atoms with Crippen LogP contribution in [0.4, 0.5) is 0 Å². The van der Waals surface area contributed by atoms with Gasteiger partial charge in [0.25, 0.3) is 0 Å². The molecule has 1 heteroatoms. The average Bonchev–Trinajstić information content (AvgIpc) is 3.46. The summed E-state index contributed by atoms with van der Waals surface area (Å²) in [7, 11) is 0. The van der Waals surface area contributed by atoms with Crippen LogP contribution >= 0.6 is 0 Å². The van der Waals surface area contributed by atoms with Crippen molar-refractivity contribution in [2.75, 3.05) is 0 Å². The van der Waals surface area contributed by atoms with E-state index >= 15 is 0 Å². The van der Waals surface area contributed by atoms with Gasteiger partial charge in [-0.25, -0.2) is 0 Å². The van der Waals surface area contributed by atoms with Gasteiger partial charge in [-0.1, -0.05) is 94.5 Å². The van der Waals surface area contributed by atoms with Gasteiger partial charge >= 0.3 is 0 Å². The SMILES string of the molecule is O=C(CCCCCCCCCCCCCCc1ccccc1)CC1CC1. The zero-order chi connectivity index (χ0) is 18.3. The van der Waals surface area contributed by atoms with E-state index in [1.807, 2.05) is 0 Å². The highest BCUT2D eigenvalue weighted by Crippen LogP contribution is 2.33. The number of ketones is 1. The summed E-state index contributed by atoms with van der Waals surface area (Å²) >= 11 is 0. The summed E-state index contributed by atoms with van der Waals surface area (Å²) in [4.78, 5) is 11.7. The van der Waals surface area contributed by atoms with Crippen molar-refractivity contribution in [3.8, 4) is 0 Å². The molecule has 0 saturated heterocycles. The third-order valence-electron chi connectivity index (χ3n) is 5.73. The molecule has 0 unspecified atom stereocenters. The smallest absolute Gasteiger partial charge is 0.133 e. The predicted octanol–water partition coefficient (Wildman–Crippen LogP) is 7.67. The third kappa shape index (κ3) is 11.5. The second-order valence-corrected chi connectivity index (χ2v) is 8.41. The molecule has 2 rings (SSSR count). The van der Waals surface area contributed by atoms with E-state index in [1.54, 1.807) is 0 Å². The number of carbonyl (C=O) groups is 1. The second-order valence-electron chi connectivity index (χ2n) is 8.41. The standard InChI is InChI=1S/C25H40O/c26-25(22-24-20-21-24)19-15-10-8-6-4-2-1-3-5-7-9-12-16-23-17-13-11-14-18-23/h11,13-14,17-18,24H,1-10,12,15-16,19-22H2. The number of hydrogen-bond acceptors (Lipinski definition) is 1. The van der Waals surface area contributed by atoms with Crippen molar-refractivity contribution in [2.45, 2.75) is 109 Å². The molecule has 1 nitrogen and oxygen atoms in total. The zero-order valence-corrected chi connectivity index (χ0v) is 16.9. The Morgan fingerprint density at radius 3 is 1.73 bits per heavy atom. The maximum absolute atomic E-state index is 11.7. The molecule has 0 atom stereocenters. The summed E-state index contributed by atoms with van der Waals surface area (Å²) in [5, 5.41) is 0. The Labute approximate surface area is 162 Å². The molecule has 146 valence electrons. The van der Waals surface area contributed by atoms with Gasteiger partial charge in [0, 0.05) is 12.8 Å². The molecule has 1 aromatic rings. The van der Waals surface area contributed by atoms with Crippen LogP contribution in [0.2, 0.25) is 0 Å². The van der Waals surface area contributed by atoms with Crippen molar-refractivity contribution in [3.63, 3.8) is 0 Å². The van der Waals surface area contributed by atoms with Crippen molar-refractivity contribution in [1.29, 1.82) is 0 Å². The number of aryl methyl sites for hydroxylation is 1. The van der Waals surface area contributed by atoms with Crippen molar-refractivity contribution >= 4 is 5.78 Å². The first-order valence-electron chi connectivity index (χ1n) is 11.4. The molecule has 0 spiro atoms. The number of carbonyl (C=O) groups excluding carboxylic acids is 1. The molecule has 0 heterocycles. The van der Waals surface area contributed by atoms with Gasteiger partial charge in [-0.3, -0.25) is 4.79 Å². The number of rotatable bonds is 17. The van der Waals surface area contributed by atoms with Crippen molar-refractivity contribution in [3.05, 3.63) is 35.9 Å². The number of hydrogen-bond donors (Lipinski definition) is 0. The molecule has 0 bridgehead atoms. The average molecular weight is 357 g/mol. The second kappa shape index (κ2) is 14.0. The van der Waals surface area contributed by atoms with Gasteiger partial charge in [0.1, 0.15) is 5.78 Å². The minimum absolute atomic E-state index is 0.524. The lowest BCUT2D eigenvalue weighted by atomic mass is 10.0. The minimum Gasteiger partial charge on any atom is -0.300 e. The summed E-state index contributed by atoms with van der Waals surface area (Å²) in [6.45, 7) is 0.